The van der Waals surface area contributed by atoms with Crippen molar-refractivity contribution in [3.05, 3.63) is 41.0 Å². The Labute approximate surface area is 177 Å². The second-order valence-electron chi connectivity index (χ2n) is 8.96. The smallest absolute Gasteiger partial charge is 0.410 e. The van der Waals surface area contributed by atoms with Gasteiger partial charge in [-0.05, 0) is 59.6 Å². The summed E-state index contributed by atoms with van der Waals surface area (Å²) in [6.07, 6.45) is 3.23. The molecule has 0 saturated carbocycles. The lowest BCUT2D eigenvalue weighted by molar-refractivity contribution is 0.0186. The van der Waals surface area contributed by atoms with Crippen LogP contribution in [0.15, 0.2) is 22.9 Å². The van der Waals surface area contributed by atoms with Gasteiger partial charge in [-0.15, -0.1) is 0 Å². The number of nitrogens with zero attached hydrogens (tertiary/aromatic N) is 4. The fourth-order valence-electron chi connectivity index (χ4n) is 3.78. The van der Waals surface area contributed by atoms with Crippen molar-refractivity contribution in [3.63, 3.8) is 0 Å². The Morgan fingerprint density at radius 1 is 1.27 bits per heavy atom. The number of hydrogen-bond acceptors (Lipinski definition) is 5. The molecule has 1 fully saturated rings. The molecule has 1 aliphatic heterocycles. The second-order valence-corrected chi connectivity index (χ2v) is 8.96. The minimum absolute atomic E-state index is 0.0467. The van der Waals surface area contributed by atoms with E-state index in [2.05, 4.69) is 5.16 Å². The number of carbonyl (C=O) groups is 2. The normalized spacial score (nSPS) is 15.3. The van der Waals surface area contributed by atoms with Gasteiger partial charge >= 0.3 is 6.09 Å². The first-order valence-corrected chi connectivity index (χ1v) is 10.4. The molecular formula is C22H32N4O4. The monoisotopic (exact) mass is 416 g/mol. The summed E-state index contributed by atoms with van der Waals surface area (Å²) >= 11 is 0. The van der Waals surface area contributed by atoms with Crippen LogP contribution in [0.25, 0.3) is 0 Å². The molecule has 164 valence electrons. The van der Waals surface area contributed by atoms with Gasteiger partial charge in [-0.2, -0.15) is 0 Å². The number of carbonyl (C=O) groups excluding carboxylic acids is 2. The number of hydrogen-bond donors (Lipinski definition) is 0. The number of likely N-dealkylation sites (tertiary alicyclic amines) is 1. The fraction of sp³-hybridized carbons (Fsp3) is 0.591. The van der Waals surface area contributed by atoms with Gasteiger partial charge in [0.25, 0.3) is 5.91 Å². The van der Waals surface area contributed by atoms with Crippen LogP contribution < -0.4 is 0 Å². The molecule has 0 radical (unpaired) electrons. The summed E-state index contributed by atoms with van der Waals surface area (Å²) < 4.78 is 12.7. The standard InChI is InChI=1S/C22H32N4O4/c1-15-18(16(2)30-23-15)14-24(6)20(27)19-8-7-11-26(19)17-9-12-25(13-10-17)21(28)29-22(3,4)5/h7-8,11,17H,9-10,12-14H2,1-6H3. The van der Waals surface area contributed by atoms with Crippen LogP contribution in [0.4, 0.5) is 4.79 Å². The third kappa shape index (κ3) is 4.86. The van der Waals surface area contributed by atoms with Crippen LogP contribution >= 0.6 is 0 Å². The predicted molar refractivity (Wildman–Crippen MR) is 112 cm³/mol. The maximum Gasteiger partial charge on any atom is 0.410 e. The molecule has 8 heteroatoms. The van der Waals surface area contributed by atoms with Gasteiger partial charge < -0.3 is 23.6 Å². The van der Waals surface area contributed by atoms with Crippen LogP contribution in [-0.2, 0) is 11.3 Å². The van der Waals surface area contributed by atoms with Gasteiger partial charge in [-0.25, -0.2) is 4.79 Å². The number of piperidine rings is 1. The summed E-state index contributed by atoms with van der Waals surface area (Å²) in [5, 5.41) is 3.97. The van der Waals surface area contributed by atoms with E-state index in [0.29, 0.717) is 25.3 Å². The Morgan fingerprint density at radius 2 is 1.93 bits per heavy atom. The summed E-state index contributed by atoms with van der Waals surface area (Å²) in [6, 6.07) is 3.92. The van der Waals surface area contributed by atoms with Crippen molar-refractivity contribution in [2.45, 2.75) is 65.6 Å². The van der Waals surface area contributed by atoms with E-state index in [9.17, 15) is 9.59 Å². The van der Waals surface area contributed by atoms with Gasteiger partial charge in [0.15, 0.2) is 0 Å². The van der Waals surface area contributed by atoms with Crippen molar-refractivity contribution >= 4 is 12.0 Å². The zero-order valence-corrected chi connectivity index (χ0v) is 18.8. The lowest BCUT2D eigenvalue weighted by Crippen LogP contribution is -2.42. The van der Waals surface area contributed by atoms with Crippen molar-refractivity contribution in [2.75, 3.05) is 20.1 Å². The lowest BCUT2D eigenvalue weighted by Gasteiger charge is -2.34. The molecule has 2 amide bonds. The molecule has 0 unspecified atom stereocenters. The average Bonchev–Trinajstić information content (AvgIpc) is 3.28. The van der Waals surface area contributed by atoms with E-state index in [-0.39, 0.29) is 18.0 Å². The maximum absolute atomic E-state index is 13.1. The number of rotatable bonds is 4. The fourth-order valence-corrected chi connectivity index (χ4v) is 3.78. The Hall–Kier alpha value is -2.77. The van der Waals surface area contributed by atoms with Crippen molar-refractivity contribution in [3.8, 4) is 0 Å². The highest BCUT2D eigenvalue weighted by Gasteiger charge is 2.29. The topological polar surface area (TPSA) is 80.8 Å². The molecule has 2 aromatic heterocycles. The second kappa shape index (κ2) is 8.53. The predicted octanol–water partition coefficient (Wildman–Crippen LogP) is 3.94. The summed E-state index contributed by atoms with van der Waals surface area (Å²) in [5.41, 5.74) is 1.89. The van der Waals surface area contributed by atoms with Gasteiger partial charge in [0.2, 0.25) is 0 Å². The van der Waals surface area contributed by atoms with Crippen molar-refractivity contribution in [1.29, 1.82) is 0 Å². The van der Waals surface area contributed by atoms with Crippen LogP contribution in [0, 0.1) is 13.8 Å². The quantitative estimate of drug-likeness (QED) is 0.754. The molecule has 30 heavy (non-hydrogen) atoms. The molecule has 2 aromatic rings. The Morgan fingerprint density at radius 3 is 2.50 bits per heavy atom. The van der Waals surface area contributed by atoms with Gasteiger partial charge in [-0.1, -0.05) is 5.16 Å². The van der Waals surface area contributed by atoms with E-state index in [1.165, 1.54) is 0 Å². The zero-order chi connectivity index (χ0) is 22.1. The number of aromatic nitrogens is 2. The first-order chi connectivity index (χ1) is 14.1. The third-order valence-electron chi connectivity index (χ3n) is 5.43. The molecule has 3 rings (SSSR count). The van der Waals surface area contributed by atoms with Gasteiger partial charge in [0, 0.05) is 37.9 Å². The van der Waals surface area contributed by atoms with Gasteiger partial charge in [0.05, 0.1) is 12.2 Å². The molecule has 0 aromatic carbocycles. The third-order valence-corrected chi connectivity index (χ3v) is 5.43. The van der Waals surface area contributed by atoms with Crippen molar-refractivity contribution < 1.29 is 18.8 Å². The van der Waals surface area contributed by atoms with Crippen LogP contribution in [0.3, 0.4) is 0 Å². The van der Waals surface area contributed by atoms with E-state index >= 15 is 0 Å². The highest BCUT2D eigenvalue weighted by atomic mass is 16.6. The van der Waals surface area contributed by atoms with E-state index in [4.69, 9.17) is 9.26 Å². The Kier molecular flexibility index (Phi) is 6.24. The molecule has 0 aliphatic carbocycles. The first-order valence-electron chi connectivity index (χ1n) is 10.4. The molecule has 3 heterocycles. The molecule has 0 atom stereocenters. The highest BCUT2D eigenvalue weighted by molar-refractivity contribution is 5.92. The Bertz CT molecular complexity index is 881. The maximum atomic E-state index is 13.1. The number of aryl methyl sites for hydroxylation is 2. The minimum atomic E-state index is -0.500. The average molecular weight is 417 g/mol. The van der Waals surface area contributed by atoms with E-state index in [1.807, 2.05) is 57.5 Å². The van der Waals surface area contributed by atoms with E-state index in [1.54, 1.807) is 16.8 Å². The van der Waals surface area contributed by atoms with Crippen LogP contribution in [-0.4, -0.2) is 57.3 Å². The van der Waals surface area contributed by atoms with E-state index < -0.39 is 5.60 Å². The zero-order valence-electron chi connectivity index (χ0n) is 18.8. The molecule has 0 bridgehead atoms. The summed E-state index contributed by atoms with van der Waals surface area (Å²) in [7, 11) is 1.79. The Balaban J connectivity index is 1.64. The summed E-state index contributed by atoms with van der Waals surface area (Å²) in [4.78, 5) is 28.9. The van der Waals surface area contributed by atoms with Gasteiger partial charge in [0.1, 0.15) is 17.1 Å². The van der Waals surface area contributed by atoms with E-state index in [0.717, 1.165) is 29.9 Å². The molecule has 1 saturated heterocycles. The molecule has 8 nitrogen and oxygen atoms in total. The molecular weight excluding hydrogens is 384 g/mol. The van der Waals surface area contributed by atoms with Gasteiger partial charge in [-0.3, -0.25) is 4.79 Å². The van der Waals surface area contributed by atoms with Crippen LogP contribution in [0.2, 0.25) is 0 Å². The largest absolute Gasteiger partial charge is 0.444 e. The minimum Gasteiger partial charge on any atom is -0.444 e. The van der Waals surface area contributed by atoms with Crippen LogP contribution in [0.1, 0.15) is 67.2 Å². The molecule has 1 aliphatic rings. The number of ether oxygens (including phenoxy) is 1. The molecule has 0 spiro atoms. The molecule has 0 N–H and O–H groups in total. The lowest BCUT2D eigenvalue weighted by atomic mass is 10.0. The SMILES string of the molecule is Cc1noc(C)c1CN(C)C(=O)c1cccn1C1CCN(C(=O)OC(C)(C)C)CC1. The first kappa shape index (κ1) is 21.9. The summed E-state index contributed by atoms with van der Waals surface area (Å²) in [5.74, 6) is 0.687. The number of amides is 2. The van der Waals surface area contributed by atoms with Crippen LogP contribution in [0.5, 0.6) is 0 Å². The van der Waals surface area contributed by atoms with Crippen molar-refractivity contribution in [2.24, 2.45) is 0 Å². The van der Waals surface area contributed by atoms with Crippen molar-refractivity contribution in [1.82, 2.24) is 19.5 Å². The summed E-state index contributed by atoms with van der Waals surface area (Å²) in [6.45, 7) is 11.0. The highest BCUT2D eigenvalue weighted by Crippen LogP contribution is 2.26.